The molecule has 0 radical (unpaired) electrons. The fraction of sp³-hybridized carbons (Fsp3) is 1.00. The molecule has 0 bridgehead atoms. The second-order valence-corrected chi connectivity index (χ2v) is 3.66. The molecule has 1 atom stereocenters. The molecule has 0 aromatic rings. The van der Waals surface area contributed by atoms with Crippen LogP contribution in [0.2, 0.25) is 0 Å². The standard InChI is InChI=1S/C9H19NO/c1-3-9(10-8(2)11)6-4-5-7-9/h8,10-11H,3-7H2,1-2H3. The molecule has 1 aliphatic carbocycles. The van der Waals surface area contributed by atoms with E-state index in [0.717, 1.165) is 6.42 Å². The molecule has 2 N–H and O–H groups in total. The Morgan fingerprint density at radius 3 is 2.36 bits per heavy atom. The van der Waals surface area contributed by atoms with E-state index in [1.807, 2.05) is 0 Å². The van der Waals surface area contributed by atoms with Crippen LogP contribution in [0.4, 0.5) is 0 Å². The number of nitrogens with one attached hydrogen (secondary N) is 1. The van der Waals surface area contributed by atoms with E-state index in [1.54, 1.807) is 6.92 Å². The van der Waals surface area contributed by atoms with Crippen LogP contribution in [0.25, 0.3) is 0 Å². The van der Waals surface area contributed by atoms with Crippen molar-refractivity contribution < 1.29 is 5.11 Å². The molecular formula is C9H19NO. The minimum atomic E-state index is -0.354. The van der Waals surface area contributed by atoms with Gasteiger partial charge in [0.2, 0.25) is 0 Å². The van der Waals surface area contributed by atoms with Crippen LogP contribution >= 0.6 is 0 Å². The molecule has 0 spiro atoms. The van der Waals surface area contributed by atoms with E-state index in [-0.39, 0.29) is 11.8 Å². The summed E-state index contributed by atoms with van der Waals surface area (Å²) in [7, 11) is 0. The molecule has 11 heavy (non-hydrogen) atoms. The van der Waals surface area contributed by atoms with Crippen molar-refractivity contribution in [1.29, 1.82) is 0 Å². The number of aliphatic hydroxyl groups is 1. The molecule has 1 fully saturated rings. The molecule has 0 aliphatic heterocycles. The van der Waals surface area contributed by atoms with Gasteiger partial charge in [-0.15, -0.1) is 0 Å². The summed E-state index contributed by atoms with van der Waals surface area (Å²) in [5, 5.41) is 12.5. The van der Waals surface area contributed by atoms with Gasteiger partial charge >= 0.3 is 0 Å². The van der Waals surface area contributed by atoms with Gasteiger partial charge in [-0.25, -0.2) is 0 Å². The first-order chi connectivity index (χ1) is 5.18. The summed E-state index contributed by atoms with van der Waals surface area (Å²) in [5.41, 5.74) is 0.258. The second-order valence-electron chi connectivity index (χ2n) is 3.66. The number of rotatable bonds is 3. The Balaban J connectivity index is 2.45. The predicted octanol–water partition coefficient (Wildman–Crippen LogP) is 1.64. The monoisotopic (exact) mass is 157 g/mol. The minimum Gasteiger partial charge on any atom is -0.379 e. The first-order valence-electron chi connectivity index (χ1n) is 4.64. The highest BCUT2D eigenvalue weighted by molar-refractivity contribution is 4.91. The largest absolute Gasteiger partial charge is 0.379 e. The lowest BCUT2D eigenvalue weighted by molar-refractivity contribution is 0.105. The molecule has 1 rings (SSSR count). The molecule has 0 aromatic heterocycles. The third-order valence-electron chi connectivity index (χ3n) is 2.75. The maximum Gasteiger partial charge on any atom is 0.102 e. The zero-order chi connectivity index (χ0) is 8.32. The van der Waals surface area contributed by atoms with Crippen LogP contribution in [0.3, 0.4) is 0 Å². The topological polar surface area (TPSA) is 32.3 Å². The third-order valence-corrected chi connectivity index (χ3v) is 2.75. The van der Waals surface area contributed by atoms with Crippen LogP contribution in [-0.2, 0) is 0 Å². The quantitative estimate of drug-likeness (QED) is 0.610. The molecule has 0 aromatic carbocycles. The molecule has 2 heteroatoms. The van der Waals surface area contributed by atoms with E-state index in [4.69, 9.17) is 0 Å². The number of hydrogen-bond donors (Lipinski definition) is 2. The molecular weight excluding hydrogens is 138 g/mol. The maximum absolute atomic E-state index is 9.20. The lowest BCUT2D eigenvalue weighted by Crippen LogP contribution is -2.46. The Bertz CT molecular complexity index is 117. The molecule has 66 valence electrons. The lowest BCUT2D eigenvalue weighted by Gasteiger charge is -2.30. The third kappa shape index (κ3) is 2.17. The van der Waals surface area contributed by atoms with E-state index in [2.05, 4.69) is 12.2 Å². The van der Waals surface area contributed by atoms with Gasteiger partial charge in [-0.05, 0) is 26.2 Å². The van der Waals surface area contributed by atoms with Crippen molar-refractivity contribution in [3.8, 4) is 0 Å². The molecule has 0 amide bonds. The fourth-order valence-electron chi connectivity index (χ4n) is 2.09. The maximum atomic E-state index is 9.20. The first-order valence-corrected chi connectivity index (χ1v) is 4.64. The van der Waals surface area contributed by atoms with Crippen LogP contribution in [0.15, 0.2) is 0 Å². The molecule has 1 unspecified atom stereocenters. The van der Waals surface area contributed by atoms with Gasteiger partial charge in [0, 0.05) is 5.54 Å². The summed E-state index contributed by atoms with van der Waals surface area (Å²) in [6, 6.07) is 0. The zero-order valence-electron chi connectivity index (χ0n) is 7.56. The van der Waals surface area contributed by atoms with E-state index >= 15 is 0 Å². The van der Waals surface area contributed by atoms with Crippen molar-refractivity contribution >= 4 is 0 Å². The Hall–Kier alpha value is -0.0800. The molecule has 1 aliphatic rings. The van der Waals surface area contributed by atoms with Gasteiger partial charge in [0.25, 0.3) is 0 Å². The predicted molar refractivity (Wildman–Crippen MR) is 46.3 cm³/mol. The van der Waals surface area contributed by atoms with Crippen molar-refractivity contribution in [1.82, 2.24) is 5.32 Å². The van der Waals surface area contributed by atoms with E-state index in [0.29, 0.717) is 0 Å². The van der Waals surface area contributed by atoms with Gasteiger partial charge in [-0.3, -0.25) is 5.32 Å². The molecule has 2 nitrogen and oxygen atoms in total. The fourth-order valence-corrected chi connectivity index (χ4v) is 2.09. The van der Waals surface area contributed by atoms with E-state index in [1.165, 1.54) is 25.7 Å². The Morgan fingerprint density at radius 2 is 2.00 bits per heavy atom. The highest BCUT2D eigenvalue weighted by Crippen LogP contribution is 2.32. The van der Waals surface area contributed by atoms with Crippen LogP contribution in [0.1, 0.15) is 46.0 Å². The zero-order valence-corrected chi connectivity index (χ0v) is 7.56. The van der Waals surface area contributed by atoms with Gasteiger partial charge in [0.1, 0.15) is 6.23 Å². The summed E-state index contributed by atoms with van der Waals surface area (Å²) in [6.07, 6.45) is 5.87. The lowest BCUT2D eigenvalue weighted by atomic mass is 9.94. The Labute approximate surface area is 69.0 Å². The van der Waals surface area contributed by atoms with E-state index < -0.39 is 0 Å². The summed E-state index contributed by atoms with van der Waals surface area (Å²) >= 11 is 0. The van der Waals surface area contributed by atoms with Crippen LogP contribution in [-0.4, -0.2) is 16.9 Å². The van der Waals surface area contributed by atoms with Crippen molar-refractivity contribution in [2.45, 2.75) is 57.7 Å². The Kier molecular flexibility index (Phi) is 2.90. The van der Waals surface area contributed by atoms with Crippen LogP contribution in [0, 0.1) is 0 Å². The molecule has 1 saturated carbocycles. The first kappa shape index (κ1) is 9.01. The SMILES string of the molecule is CCC1(NC(C)O)CCCC1. The smallest absolute Gasteiger partial charge is 0.102 e. The summed E-state index contributed by atoms with van der Waals surface area (Å²) < 4.78 is 0. The van der Waals surface area contributed by atoms with Gasteiger partial charge in [0.05, 0.1) is 0 Å². The van der Waals surface area contributed by atoms with Gasteiger partial charge in [0.15, 0.2) is 0 Å². The number of aliphatic hydroxyl groups excluding tert-OH is 1. The van der Waals surface area contributed by atoms with Gasteiger partial charge in [-0.2, -0.15) is 0 Å². The van der Waals surface area contributed by atoms with Crippen LogP contribution in [0.5, 0.6) is 0 Å². The number of hydrogen-bond acceptors (Lipinski definition) is 2. The van der Waals surface area contributed by atoms with Crippen molar-refractivity contribution in [3.63, 3.8) is 0 Å². The van der Waals surface area contributed by atoms with E-state index in [9.17, 15) is 5.11 Å². The van der Waals surface area contributed by atoms with Crippen molar-refractivity contribution in [2.24, 2.45) is 0 Å². The normalized spacial score (nSPS) is 25.4. The highest BCUT2D eigenvalue weighted by atomic mass is 16.3. The van der Waals surface area contributed by atoms with Gasteiger partial charge < -0.3 is 5.11 Å². The van der Waals surface area contributed by atoms with Crippen molar-refractivity contribution in [3.05, 3.63) is 0 Å². The highest BCUT2D eigenvalue weighted by Gasteiger charge is 2.32. The van der Waals surface area contributed by atoms with Crippen LogP contribution < -0.4 is 5.32 Å². The summed E-state index contributed by atoms with van der Waals surface area (Å²) in [5.74, 6) is 0. The Morgan fingerprint density at radius 1 is 1.45 bits per heavy atom. The second kappa shape index (κ2) is 3.55. The van der Waals surface area contributed by atoms with Gasteiger partial charge in [-0.1, -0.05) is 19.8 Å². The summed E-state index contributed by atoms with van der Waals surface area (Å²) in [4.78, 5) is 0. The molecule has 0 saturated heterocycles. The average molecular weight is 157 g/mol. The molecule has 0 heterocycles. The van der Waals surface area contributed by atoms with Crippen molar-refractivity contribution in [2.75, 3.05) is 0 Å². The minimum absolute atomic E-state index is 0.258. The average Bonchev–Trinajstić information content (AvgIpc) is 2.36. The summed E-state index contributed by atoms with van der Waals surface area (Å²) in [6.45, 7) is 4.00.